The lowest BCUT2D eigenvalue weighted by Crippen LogP contribution is -2.35. The number of thiophene rings is 1. The predicted molar refractivity (Wildman–Crippen MR) is 81.3 cm³/mol. The van der Waals surface area contributed by atoms with Crippen molar-refractivity contribution < 1.29 is 9.90 Å². The van der Waals surface area contributed by atoms with Crippen LogP contribution in [-0.4, -0.2) is 31.3 Å². The standard InChI is InChI=1S/C14H20N4O2S/c1-5-14(6-2,13(19)20)8-18-12(15-16-17-18)11-7-9(3)10(4)21-11/h7H,5-6,8H2,1-4H3,(H,19,20). The monoisotopic (exact) mass is 308 g/mol. The van der Waals surface area contributed by atoms with E-state index in [2.05, 4.69) is 22.4 Å². The number of hydrogen-bond acceptors (Lipinski definition) is 5. The minimum atomic E-state index is -0.828. The molecule has 6 nitrogen and oxygen atoms in total. The van der Waals surface area contributed by atoms with Crippen LogP contribution in [0.3, 0.4) is 0 Å². The van der Waals surface area contributed by atoms with Crippen molar-refractivity contribution in [2.75, 3.05) is 0 Å². The van der Waals surface area contributed by atoms with Gasteiger partial charge in [0.15, 0.2) is 5.82 Å². The molecule has 0 aliphatic rings. The quantitative estimate of drug-likeness (QED) is 0.887. The van der Waals surface area contributed by atoms with Crippen molar-refractivity contribution in [2.24, 2.45) is 5.41 Å². The van der Waals surface area contributed by atoms with Crippen LogP contribution in [-0.2, 0) is 11.3 Å². The van der Waals surface area contributed by atoms with Crippen LogP contribution < -0.4 is 0 Å². The number of hydrogen-bond donors (Lipinski definition) is 1. The molecule has 0 unspecified atom stereocenters. The van der Waals surface area contributed by atoms with Crippen molar-refractivity contribution in [2.45, 2.75) is 47.1 Å². The lowest BCUT2D eigenvalue weighted by atomic mass is 9.82. The normalized spacial score (nSPS) is 11.8. The second-order valence-corrected chi connectivity index (χ2v) is 6.56. The fraction of sp³-hybridized carbons (Fsp3) is 0.571. The van der Waals surface area contributed by atoms with Crippen molar-refractivity contribution in [3.05, 3.63) is 16.5 Å². The highest BCUT2D eigenvalue weighted by Gasteiger charge is 2.36. The van der Waals surface area contributed by atoms with Gasteiger partial charge in [-0.3, -0.25) is 4.79 Å². The van der Waals surface area contributed by atoms with Gasteiger partial charge in [-0.15, -0.1) is 16.4 Å². The Morgan fingerprint density at radius 3 is 2.52 bits per heavy atom. The van der Waals surface area contributed by atoms with Crippen LogP contribution in [0, 0.1) is 19.3 Å². The molecular formula is C14H20N4O2S. The molecule has 114 valence electrons. The van der Waals surface area contributed by atoms with E-state index in [0.717, 1.165) is 4.88 Å². The van der Waals surface area contributed by atoms with Crippen molar-refractivity contribution in [1.82, 2.24) is 20.2 Å². The molecule has 0 atom stereocenters. The number of carboxylic acids is 1. The third kappa shape index (κ3) is 2.83. The summed E-state index contributed by atoms with van der Waals surface area (Å²) in [5.74, 6) is -0.156. The molecule has 2 heterocycles. The van der Waals surface area contributed by atoms with Crippen molar-refractivity contribution in [1.29, 1.82) is 0 Å². The fourth-order valence-electron chi connectivity index (χ4n) is 2.30. The Kier molecular flexibility index (Phi) is 4.41. The summed E-state index contributed by atoms with van der Waals surface area (Å²) < 4.78 is 1.62. The van der Waals surface area contributed by atoms with E-state index in [1.165, 1.54) is 10.4 Å². The van der Waals surface area contributed by atoms with E-state index in [0.29, 0.717) is 18.7 Å². The summed E-state index contributed by atoms with van der Waals surface area (Å²) in [4.78, 5) is 13.8. The molecular weight excluding hydrogens is 288 g/mol. The number of nitrogens with zero attached hydrogens (tertiary/aromatic N) is 4. The molecule has 0 spiro atoms. The topological polar surface area (TPSA) is 80.9 Å². The van der Waals surface area contributed by atoms with E-state index in [1.54, 1.807) is 16.0 Å². The van der Waals surface area contributed by atoms with E-state index in [1.807, 2.05) is 26.8 Å². The molecule has 0 aromatic carbocycles. The summed E-state index contributed by atoms with van der Waals surface area (Å²) in [6.45, 7) is 8.16. The van der Waals surface area contributed by atoms with Crippen LogP contribution in [0.15, 0.2) is 6.07 Å². The zero-order chi connectivity index (χ0) is 15.6. The molecule has 0 saturated carbocycles. The first-order valence-electron chi connectivity index (χ1n) is 7.00. The lowest BCUT2D eigenvalue weighted by Gasteiger charge is -2.26. The van der Waals surface area contributed by atoms with E-state index in [4.69, 9.17) is 0 Å². The highest BCUT2D eigenvalue weighted by atomic mass is 32.1. The van der Waals surface area contributed by atoms with Gasteiger partial charge in [-0.25, -0.2) is 4.68 Å². The molecule has 0 aliphatic carbocycles. The summed E-state index contributed by atoms with van der Waals surface area (Å²) in [5, 5.41) is 21.3. The third-order valence-corrected chi connectivity index (χ3v) is 5.33. The van der Waals surface area contributed by atoms with Gasteiger partial charge in [-0.05, 0) is 48.7 Å². The summed E-state index contributed by atoms with van der Waals surface area (Å²) in [7, 11) is 0. The fourth-order valence-corrected chi connectivity index (χ4v) is 3.32. The van der Waals surface area contributed by atoms with Crippen LogP contribution in [0.1, 0.15) is 37.1 Å². The molecule has 0 radical (unpaired) electrons. The number of aryl methyl sites for hydroxylation is 2. The number of tetrazole rings is 1. The Hall–Kier alpha value is -1.76. The summed E-state index contributed by atoms with van der Waals surface area (Å²) >= 11 is 1.63. The zero-order valence-corrected chi connectivity index (χ0v) is 13.6. The second-order valence-electron chi connectivity index (χ2n) is 5.30. The molecule has 2 aromatic rings. The number of carboxylic acid groups (broad SMARTS) is 1. The highest BCUT2D eigenvalue weighted by molar-refractivity contribution is 7.15. The van der Waals surface area contributed by atoms with E-state index in [9.17, 15) is 9.90 Å². The summed E-state index contributed by atoms with van der Waals surface area (Å²) in [6, 6.07) is 2.04. The molecule has 1 N–H and O–H groups in total. The van der Waals surface area contributed by atoms with E-state index >= 15 is 0 Å². The SMILES string of the molecule is CCC(CC)(Cn1nnnc1-c1cc(C)c(C)s1)C(=O)O. The maximum atomic E-state index is 11.6. The van der Waals surface area contributed by atoms with Crippen LogP contribution in [0.25, 0.3) is 10.7 Å². The lowest BCUT2D eigenvalue weighted by molar-refractivity contribution is -0.150. The molecule has 0 aliphatic heterocycles. The Morgan fingerprint density at radius 1 is 1.38 bits per heavy atom. The molecule has 0 bridgehead atoms. The van der Waals surface area contributed by atoms with E-state index < -0.39 is 11.4 Å². The molecule has 7 heteroatoms. The van der Waals surface area contributed by atoms with Crippen LogP contribution in [0.2, 0.25) is 0 Å². The third-order valence-electron chi connectivity index (χ3n) is 4.18. The first-order valence-corrected chi connectivity index (χ1v) is 7.82. The van der Waals surface area contributed by atoms with Gasteiger partial charge in [-0.1, -0.05) is 13.8 Å². The molecule has 0 fully saturated rings. The van der Waals surface area contributed by atoms with Gasteiger partial charge in [-0.2, -0.15) is 0 Å². The van der Waals surface area contributed by atoms with Crippen LogP contribution in [0.4, 0.5) is 0 Å². The average Bonchev–Trinajstić information content (AvgIpc) is 3.03. The zero-order valence-electron chi connectivity index (χ0n) is 12.8. The molecule has 0 saturated heterocycles. The summed E-state index contributed by atoms with van der Waals surface area (Å²) in [6.07, 6.45) is 1.08. The van der Waals surface area contributed by atoms with Gasteiger partial charge in [0.05, 0.1) is 16.8 Å². The summed E-state index contributed by atoms with van der Waals surface area (Å²) in [5.41, 5.74) is 0.367. The van der Waals surface area contributed by atoms with Gasteiger partial charge in [0.25, 0.3) is 0 Å². The Balaban J connectivity index is 2.39. The second kappa shape index (κ2) is 5.93. The Bertz CT molecular complexity index is 624. The van der Waals surface area contributed by atoms with Gasteiger partial charge < -0.3 is 5.11 Å². The number of aliphatic carboxylic acids is 1. The van der Waals surface area contributed by atoms with Gasteiger partial charge >= 0.3 is 5.97 Å². The number of carbonyl (C=O) groups is 1. The molecule has 2 aromatic heterocycles. The smallest absolute Gasteiger partial charge is 0.311 e. The first-order chi connectivity index (χ1) is 9.93. The maximum Gasteiger partial charge on any atom is 0.311 e. The first kappa shape index (κ1) is 15.6. The number of rotatable bonds is 6. The van der Waals surface area contributed by atoms with E-state index in [-0.39, 0.29) is 6.54 Å². The Morgan fingerprint density at radius 2 is 2.05 bits per heavy atom. The van der Waals surface area contributed by atoms with Gasteiger partial charge in [0, 0.05) is 4.88 Å². The Labute approximate surface area is 127 Å². The molecule has 0 amide bonds. The largest absolute Gasteiger partial charge is 0.481 e. The molecule has 21 heavy (non-hydrogen) atoms. The average molecular weight is 308 g/mol. The van der Waals surface area contributed by atoms with Gasteiger partial charge in [0.1, 0.15) is 0 Å². The molecule has 2 rings (SSSR count). The predicted octanol–water partition coefficient (Wildman–Crippen LogP) is 2.91. The number of aromatic nitrogens is 4. The van der Waals surface area contributed by atoms with Gasteiger partial charge in [0.2, 0.25) is 0 Å². The minimum absolute atomic E-state index is 0.285. The van der Waals surface area contributed by atoms with Crippen molar-refractivity contribution in [3.8, 4) is 10.7 Å². The minimum Gasteiger partial charge on any atom is -0.481 e. The van der Waals surface area contributed by atoms with Crippen molar-refractivity contribution in [3.63, 3.8) is 0 Å². The maximum absolute atomic E-state index is 11.6. The highest BCUT2D eigenvalue weighted by Crippen LogP contribution is 2.33. The van der Waals surface area contributed by atoms with Crippen LogP contribution >= 0.6 is 11.3 Å². The van der Waals surface area contributed by atoms with Crippen LogP contribution in [0.5, 0.6) is 0 Å². The van der Waals surface area contributed by atoms with Crippen molar-refractivity contribution >= 4 is 17.3 Å².